The maximum atomic E-state index is 9.26. The second-order valence-corrected chi connectivity index (χ2v) is 4.66. The molecule has 0 saturated carbocycles. The SMILES string of the molecule is C=C[C@@H]1OCCC[C@H]1OC1CCCO[C@@H]1CO. The van der Waals surface area contributed by atoms with Gasteiger partial charge < -0.3 is 19.3 Å². The quantitative estimate of drug-likeness (QED) is 0.754. The van der Waals surface area contributed by atoms with Crippen molar-refractivity contribution >= 4 is 0 Å². The summed E-state index contributed by atoms with van der Waals surface area (Å²) in [4.78, 5) is 0. The highest BCUT2D eigenvalue weighted by Crippen LogP contribution is 2.25. The van der Waals surface area contributed by atoms with Crippen molar-refractivity contribution < 1.29 is 19.3 Å². The summed E-state index contributed by atoms with van der Waals surface area (Å²) < 4.78 is 17.2. The predicted octanol–water partition coefficient (Wildman–Crippen LogP) is 1.28. The largest absolute Gasteiger partial charge is 0.394 e. The van der Waals surface area contributed by atoms with E-state index in [-0.39, 0.29) is 31.0 Å². The lowest BCUT2D eigenvalue weighted by Gasteiger charge is -2.37. The van der Waals surface area contributed by atoms with Gasteiger partial charge in [-0.2, -0.15) is 0 Å². The molecule has 0 aromatic carbocycles. The Hall–Kier alpha value is -0.420. The zero-order chi connectivity index (χ0) is 12.1. The van der Waals surface area contributed by atoms with Crippen molar-refractivity contribution in [3.8, 4) is 0 Å². The highest BCUT2D eigenvalue weighted by Gasteiger charge is 2.32. The van der Waals surface area contributed by atoms with Crippen molar-refractivity contribution in [1.82, 2.24) is 0 Å². The molecule has 2 saturated heterocycles. The van der Waals surface area contributed by atoms with Crippen LogP contribution in [0.5, 0.6) is 0 Å². The second kappa shape index (κ2) is 6.50. The van der Waals surface area contributed by atoms with Crippen molar-refractivity contribution in [2.75, 3.05) is 19.8 Å². The van der Waals surface area contributed by atoms with Crippen molar-refractivity contribution in [1.29, 1.82) is 0 Å². The van der Waals surface area contributed by atoms with Gasteiger partial charge in [-0.1, -0.05) is 6.08 Å². The fourth-order valence-corrected chi connectivity index (χ4v) is 2.50. The van der Waals surface area contributed by atoms with Gasteiger partial charge in [-0.05, 0) is 25.7 Å². The van der Waals surface area contributed by atoms with E-state index < -0.39 is 0 Å². The molecule has 1 unspecified atom stereocenters. The molecule has 2 heterocycles. The van der Waals surface area contributed by atoms with Crippen LogP contribution in [0.2, 0.25) is 0 Å². The van der Waals surface area contributed by atoms with Crippen molar-refractivity contribution in [2.24, 2.45) is 0 Å². The molecule has 4 heteroatoms. The first-order valence-electron chi connectivity index (χ1n) is 6.47. The molecular formula is C13H22O4. The van der Waals surface area contributed by atoms with Gasteiger partial charge in [0.2, 0.25) is 0 Å². The summed E-state index contributed by atoms with van der Waals surface area (Å²) in [5.41, 5.74) is 0. The van der Waals surface area contributed by atoms with Crippen LogP contribution >= 0.6 is 0 Å². The topological polar surface area (TPSA) is 47.9 Å². The van der Waals surface area contributed by atoms with E-state index in [9.17, 15) is 5.11 Å². The number of hydrogen-bond donors (Lipinski definition) is 1. The third kappa shape index (κ3) is 3.28. The summed E-state index contributed by atoms with van der Waals surface area (Å²) >= 11 is 0. The van der Waals surface area contributed by atoms with Gasteiger partial charge in [-0.3, -0.25) is 0 Å². The number of hydrogen-bond acceptors (Lipinski definition) is 4. The van der Waals surface area contributed by atoms with Gasteiger partial charge in [0, 0.05) is 13.2 Å². The molecule has 0 aliphatic carbocycles. The van der Waals surface area contributed by atoms with Gasteiger partial charge >= 0.3 is 0 Å². The lowest BCUT2D eigenvalue weighted by Crippen LogP contribution is -2.45. The standard InChI is InChI=1S/C13H22O4/c1-2-10-11(5-3-7-15-10)17-12-6-4-8-16-13(12)9-14/h2,10-14H,1,3-9H2/t10-,11+,12?,13+/m0/s1. The van der Waals surface area contributed by atoms with Gasteiger partial charge in [-0.15, -0.1) is 6.58 Å². The molecular weight excluding hydrogens is 220 g/mol. The van der Waals surface area contributed by atoms with Crippen molar-refractivity contribution in [2.45, 2.75) is 50.1 Å². The lowest BCUT2D eigenvalue weighted by molar-refractivity contribution is -0.175. The molecule has 0 aromatic heterocycles. The van der Waals surface area contributed by atoms with Crippen LogP contribution in [0.3, 0.4) is 0 Å². The first-order valence-corrected chi connectivity index (χ1v) is 6.47. The minimum atomic E-state index is -0.184. The minimum absolute atomic E-state index is 0.0112. The Balaban J connectivity index is 1.90. The van der Waals surface area contributed by atoms with Gasteiger partial charge in [0.15, 0.2) is 0 Å². The Morgan fingerprint density at radius 3 is 2.59 bits per heavy atom. The monoisotopic (exact) mass is 242 g/mol. The zero-order valence-electron chi connectivity index (χ0n) is 10.2. The molecule has 98 valence electrons. The minimum Gasteiger partial charge on any atom is -0.394 e. The Kier molecular flexibility index (Phi) is 4.98. The van der Waals surface area contributed by atoms with Gasteiger partial charge in [0.25, 0.3) is 0 Å². The van der Waals surface area contributed by atoms with E-state index in [4.69, 9.17) is 14.2 Å². The molecule has 2 aliphatic heterocycles. The third-order valence-corrected chi connectivity index (χ3v) is 3.45. The molecule has 4 nitrogen and oxygen atoms in total. The first kappa shape index (κ1) is 13.0. The molecule has 0 bridgehead atoms. The van der Waals surface area contributed by atoms with Crippen LogP contribution in [0.25, 0.3) is 0 Å². The Labute approximate surface area is 103 Å². The van der Waals surface area contributed by atoms with Crippen LogP contribution in [0, 0.1) is 0 Å². The Morgan fingerprint density at radius 2 is 1.88 bits per heavy atom. The number of rotatable bonds is 4. The predicted molar refractivity (Wildman–Crippen MR) is 63.9 cm³/mol. The Bertz CT molecular complexity index is 244. The van der Waals surface area contributed by atoms with E-state index in [2.05, 4.69) is 6.58 Å². The van der Waals surface area contributed by atoms with Crippen LogP contribution in [0.15, 0.2) is 12.7 Å². The summed E-state index contributed by atoms with van der Waals surface area (Å²) in [5.74, 6) is 0. The molecule has 1 N–H and O–H groups in total. The van der Waals surface area contributed by atoms with Gasteiger partial charge in [0.1, 0.15) is 12.2 Å². The third-order valence-electron chi connectivity index (χ3n) is 3.45. The Morgan fingerprint density at radius 1 is 1.18 bits per heavy atom. The second-order valence-electron chi connectivity index (χ2n) is 4.66. The summed E-state index contributed by atoms with van der Waals surface area (Å²) in [5, 5.41) is 9.26. The van der Waals surface area contributed by atoms with Crippen LogP contribution in [-0.2, 0) is 14.2 Å². The molecule has 2 rings (SSSR count). The maximum absolute atomic E-state index is 9.26. The van der Waals surface area contributed by atoms with Gasteiger partial charge in [-0.25, -0.2) is 0 Å². The smallest absolute Gasteiger partial charge is 0.107 e. The molecule has 2 aliphatic rings. The summed E-state index contributed by atoms with van der Waals surface area (Å²) in [6.45, 7) is 5.30. The fraction of sp³-hybridized carbons (Fsp3) is 0.846. The molecule has 4 atom stereocenters. The maximum Gasteiger partial charge on any atom is 0.107 e. The molecule has 0 radical (unpaired) electrons. The lowest BCUT2D eigenvalue weighted by atomic mass is 10.0. The van der Waals surface area contributed by atoms with E-state index in [1.54, 1.807) is 0 Å². The van der Waals surface area contributed by atoms with E-state index >= 15 is 0 Å². The number of aliphatic hydroxyl groups excluding tert-OH is 1. The summed E-state index contributed by atoms with van der Waals surface area (Å²) in [6, 6.07) is 0. The zero-order valence-corrected chi connectivity index (χ0v) is 10.2. The molecule has 0 aromatic rings. The summed E-state index contributed by atoms with van der Waals surface area (Å²) in [7, 11) is 0. The molecule has 2 fully saturated rings. The normalized spacial score (nSPS) is 38.9. The summed E-state index contributed by atoms with van der Waals surface area (Å²) in [6.07, 6.45) is 5.60. The average molecular weight is 242 g/mol. The van der Waals surface area contributed by atoms with E-state index in [1.165, 1.54) is 0 Å². The van der Waals surface area contributed by atoms with E-state index in [0.717, 1.165) is 38.9 Å². The number of ether oxygens (including phenoxy) is 3. The van der Waals surface area contributed by atoms with E-state index in [0.29, 0.717) is 0 Å². The van der Waals surface area contributed by atoms with Crippen molar-refractivity contribution in [3.63, 3.8) is 0 Å². The van der Waals surface area contributed by atoms with Crippen LogP contribution in [-0.4, -0.2) is 49.3 Å². The average Bonchev–Trinajstić information content (AvgIpc) is 2.40. The van der Waals surface area contributed by atoms with Crippen LogP contribution < -0.4 is 0 Å². The van der Waals surface area contributed by atoms with Crippen LogP contribution in [0.1, 0.15) is 25.7 Å². The fourth-order valence-electron chi connectivity index (χ4n) is 2.50. The van der Waals surface area contributed by atoms with E-state index in [1.807, 2.05) is 6.08 Å². The molecule has 0 amide bonds. The van der Waals surface area contributed by atoms with Crippen LogP contribution in [0.4, 0.5) is 0 Å². The highest BCUT2D eigenvalue weighted by atomic mass is 16.6. The first-order chi connectivity index (χ1) is 8.35. The molecule has 17 heavy (non-hydrogen) atoms. The van der Waals surface area contributed by atoms with Gasteiger partial charge in [0.05, 0.1) is 18.8 Å². The molecule has 0 spiro atoms. The highest BCUT2D eigenvalue weighted by molar-refractivity contribution is 4.90. The number of aliphatic hydroxyl groups is 1. The van der Waals surface area contributed by atoms with Crippen molar-refractivity contribution in [3.05, 3.63) is 12.7 Å².